The zero-order valence-corrected chi connectivity index (χ0v) is 8.68. The Labute approximate surface area is 91.7 Å². The van der Waals surface area contributed by atoms with E-state index in [0.717, 1.165) is 31.4 Å². The van der Waals surface area contributed by atoms with Gasteiger partial charge in [-0.15, -0.1) is 0 Å². The van der Waals surface area contributed by atoms with Gasteiger partial charge in [0.25, 0.3) is 0 Å². The van der Waals surface area contributed by atoms with Crippen LogP contribution in [0, 0.1) is 0 Å². The van der Waals surface area contributed by atoms with E-state index in [1.165, 1.54) is 11.9 Å². The van der Waals surface area contributed by atoms with Crippen LogP contribution in [0.25, 0.3) is 5.52 Å². The molecule has 0 fully saturated rings. The smallest absolute Gasteiger partial charge is 0.356 e. The van der Waals surface area contributed by atoms with Crippen LogP contribution in [0.5, 0.6) is 0 Å². The van der Waals surface area contributed by atoms with Crippen LogP contribution < -0.4 is 0 Å². The standard InChI is InChI=1S/C11H11N3O2/c15-11(16)10-9-5-7-3-1-2-4-8(7)13-14(9)6-12-10/h5-6H,1-4H2,(H,15,16). The van der Waals surface area contributed by atoms with Gasteiger partial charge in [-0.25, -0.2) is 14.3 Å². The lowest BCUT2D eigenvalue weighted by atomic mass is 9.96. The molecule has 2 aromatic heterocycles. The number of carboxylic acid groups (broad SMARTS) is 1. The minimum Gasteiger partial charge on any atom is -0.476 e. The van der Waals surface area contributed by atoms with E-state index in [4.69, 9.17) is 5.11 Å². The molecule has 0 aliphatic heterocycles. The Morgan fingerprint density at radius 2 is 2.19 bits per heavy atom. The SMILES string of the molecule is O=C(O)c1ncn2nc3c(cc12)CCCC3. The Morgan fingerprint density at radius 1 is 1.38 bits per heavy atom. The van der Waals surface area contributed by atoms with Crippen molar-refractivity contribution in [2.45, 2.75) is 25.7 Å². The fraction of sp³-hybridized carbons (Fsp3) is 0.364. The summed E-state index contributed by atoms with van der Waals surface area (Å²) in [5, 5.41) is 13.4. The molecule has 1 aliphatic rings. The van der Waals surface area contributed by atoms with E-state index in [1.54, 1.807) is 4.52 Å². The third kappa shape index (κ3) is 1.28. The lowest BCUT2D eigenvalue weighted by Gasteiger charge is -2.14. The summed E-state index contributed by atoms with van der Waals surface area (Å²) in [5.41, 5.74) is 2.92. The first-order chi connectivity index (χ1) is 7.75. The fourth-order valence-electron chi connectivity index (χ4n) is 2.21. The highest BCUT2D eigenvalue weighted by atomic mass is 16.4. The Kier molecular flexibility index (Phi) is 1.92. The number of carboxylic acids is 1. The summed E-state index contributed by atoms with van der Waals surface area (Å²) in [4.78, 5) is 14.8. The molecule has 3 rings (SSSR count). The monoisotopic (exact) mass is 217 g/mol. The van der Waals surface area contributed by atoms with Crippen LogP contribution >= 0.6 is 0 Å². The zero-order chi connectivity index (χ0) is 11.1. The largest absolute Gasteiger partial charge is 0.476 e. The Bertz CT molecular complexity index is 574. The number of nitrogens with zero attached hydrogens (tertiary/aromatic N) is 3. The normalized spacial score (nSPS) is 15.0. The molecular formula is C11H11N3O2. The maximum absolute atomic E-state index is 10.9. The molecule has 5 heteroatoms. The van der Waals surface area contributed by atoms with Gasteiger partial charge in [-0.3, -0.25) is 0 Å². The predicted octanol–water partition coefficient (Wildman–Crippen LogP) is 1.31. The van der Waals surface area contributed by atoms with E-state index in [0.29, 0.717) is 5.52 Å². The molecule has 0 saturated carbocycles. The van der Waals surface area contributed by atoms with Gasteiger partial charge in [0.05, 0.1) is 11.2 Å². The highest BCUT2D eigenvalue weighted by Gasteiger charge is 2.17. The van der Waals surface area contributed by atoms with Gasteiger partial charge >= 0.3 is 5.97 Å². The fourth-order valence-corrected chi connectivity index (χ4v) is 2.21. The Hall–Kier alpha value is -1.91. The number of imidazole rings is 1. The van der Waals surface area contributed by atoms with Gasteiger partial charge in [-0.1, -0.05) is 0 Å². The summed E-state index contributed by atoms with van der Waals surface area (Å²) in [5.74, 6) is -1.000. The van der Waals surface area contributed by atoms with Crippen molar-refractivity contribution in [3.63, 3.8) is 0 Å². The molecule has 0 saturated heterocycles. The summed E-state index contributed by atoms with van der Waals surface area (Å²) >= 11 is 0. The second-order valence-electron chi connectivity index (χ2n) is 4.05. The quantitative estimate of drug-likeness (QED) is 0.781. The number of aryl methyl sites for hydroxylation is 2. The summed E-state index contributed by atoms with van der Waals surface area (Å²) in [6, 6.07) is 1.91. The van der Waals surface area contributed by atoms with Gasteiger partial charge in [0.1, 0.15) is 6.33 Å². The van der Waals surface area contributed by atoms with Crippen LogP contribution in [-0.2, 0) is 12.8 Å². The lowest BCUT2D eigenvalue weighted by Crippen LogP contribution is -2.09. The first kappa shape index (κ1) is 9.33. The number of rotatable bonds is 1. The van der Waals surface area contributed by atoms with E-state index in [9.17, 15) is 4.79 Å². The third-order valence-electron chi connectivity index (χ3n) is 3.01. The van der Waals surface area contributed by atoms with E-state index in [1.807, 2.05) is 6.07 Å². The molecule has 0 amide bonds. The molecule has 2 aromatic rings. The van der Waals surface area contributed by atoms with Crippen molar-refractivity contribution in [1.82, 2.24) is 14.6 Å². The molecule has 0 unspecified atom stereocenters. The third-order valence-corrected chi connectivity index (χ3v) is 3.01. The van der Waals surface area contributed by atoms with Gasteiger partial charge in [0.15, 0.2) is 5.69 Å². The van der Waals surface area contributed by atoms with Crippen LogP contribution in [0.15, 0.2) is 12.4 Å². The van der Waals surface area contributed by atoms with Crippen molar-refractivity contribution >= 4 is 11.5 Å². The molecule has 0 spiro atoms. The van der Waals surface area contributed by atoms with E-state index in [2.05, 4.69) is 10.1 Å². The van der Waals surface area contributed by atoms with Gasteiger partial charge in [-0.05, 0) is 37.3 Å². The first-order valence-corrected chi connectivity index (χ1v) is 5.35. The van der Waals surface area contributed by atoms with Crippen molar-refractivity contribution in [2.75, 3.05) is 0 Å². The van der Waals surface area contributed by atoms with Crippen molar-refractivity contribution in [2.24, 2.45) is 0 Å². The average molecular weight is 217 g/mol. The van der Waals surface area contributed by atoms with Crippen LogP contribution in [0.2, 0.25) is 0 Å². The zero-order valence-electron chi connectivity index (χ0n) is 8.68. The molecule has 2 heterocycles. The highest BCUT2D eigenvalue weighted by Crippen LogP contribution is 2.21. The van der Waals surface area contributed by atoms with Crippen molar-refractivity contribution in [3.8, 4) is 0 Å². The topological polar surface area (TPSA) is 67.5 Å². The average Bonchev–Trinajstić information content (AvgIpc) is 2.68. The molecule has 0 radical (unpaired) electrons. The molecule has 0 aromatic carbocycles. The molecule has 16 heavy (non-hydrogen) atoms. The van der Waals surface area contributed by atoms with Gasteiger partial charge < -0.3 is 5.11 Å². The molecule has 0 bridgehead atoms. The van der Waals surface area contributed by atoms with Gasteiger partial charge in [0.2, 0.25) is 0 Å². The van der Waals surface area contributed by atoms with Crippen LogP contribution in [0.4, 0.5) is 0 Å². The number of hydrogen-bond acceptors (Lipinski definition) is 3. The van der Waals surface area contributed by atoms with E-state index in [-0.39, 0.29) is 5.69 Å². The van der Waals surface area contributed by atoms with E-state index < -0.39 is 5.97 Å². The molecule has 0 atom stereocenters. The van der Waals surface area contributed by atoms with Crippen molar-refractivity contribution in [1.29, 1.82) is 0 Å². The number of aromatic nitrogens is 3. The Morgan fingerprint density at radius 3 is 3.00 bits per heavy atom. The molecule has 82 valence electrons. The summed E-state index contributed by atoms with van der Waals surface area (Å²) in [6.07, 6.45) is 5.75. The van der Waals surface area contributed by atoms with Gasteiger partial charge in [-0.2, -0.15) is 5.10 Å². The molecule has 1 N–H and O–H groups in total. The van der Waals surface area contributed by atoms with Crippen LogP contribution in [-0.4, -0.2) is 25.7 Å². The summed E-state index contributed by atoms with van der Waals surface area (Å²) in [6.45, 7) is 0. The summed E-state index contributed by atoms with van der Waals surface area (Å²) < 4.78 is 1.56. The predicted molar refractivity (Wildman–Crippen MR) is 56.6 cm³/mol. The van der Waals surface area contributed by atoms with Crippen molar-refractivity contribution < 1.29 is 9.90 Å². The number of fused-ring (bicyclic) bond motifs is 2. The second kappa shape index (κ2) is 3.30. The maximum atomic E-state index is 10.9. The lowest BCUT2D eigenvalue weighted by molar-refractivity contribution is 0.0693. The molecule has 1 aliphatic carbocycles. The molecular weight excluding hydrogens is 206 g/mol. The first-order valence-electron chi connectivity index (χ1n) is 5.35. The second-order valence-corrected chi connectivity index (χ2v) is 4.05. The van der Waals surface area contributed by atoms with Crippen LogP contribution in [0.3, 0.4) is 0 Å². The number of hydrogen-bond donors (Lipinski definition) is 1. The Balaban J connectivity index is 2.25. The highest BCUT2D eigenvalue weighted by molar-refractivity contribution is 5.93. The van der Waals surface area contributed by atoms with E-state index >= 15 is 0 Å². The minimum absolute atomic E-state index is 0.0841. The number of aromatic carboxylic acids is 1. The van der Waals surface area contributed by atoms with Gasteiger partial charge in [0, 0.05) is 0 Å². The van der Waals surface area contributed by atoms with Crippen LogP contribution in [0.1, 0.15) is 34.6 Å². The van der Waals surface area contributed by atoms with Crippen molar-refractivity contribution in [3.05, 3.63) is 29.3 Å². The summed E-state index contributed by atoms with van der Waals surface area (Å²) in [7, 11) is 0. The minimum atomic E-state index is -1.000. The number of carbonyl (C=O) groups is 1. The molecule has 5 nitrogen and oxygen atoms in total. The maximum Gasteiger partial charge on any atom is 0.356 e.